The van der Waals surface area contributed by atoms with Crippen molar-refractivity contribution >= 4 is 16.7 Å². The van der Waals surface area contributed by atoms with E-state index in [-0.39, 0.29) is 0 Å². The lowest BCUT2D eigenvalue weighted by atomic mass is 10.2. The molecule has 3 rings (SSSR count). The summed E-state index contributed by atoms with van der Waals surface area (Å²) in [4.78, 5) is 9.27. The summed E-state index contributed by atoms with van der Waals surface area (Å²) in [6.45, 7) is 8.22. The smallest absolute Gasteiger partial charge is 0.266 e. The number of rotatable bonds is 3. The average Bonchev–Trinajstić information content (AvgIpc) is 3.28. The van der Waals surface area contributed by atoms with E-state index in [0.717, 1.165) is 27.5 Å². The van der Waals surface area contributed by atoms with E-state index < -0.39 is 0 Å². The Morgan fingerprint density at radius 2 is 2.12 bits per heavy atom. The molecular formula is C19H25N5OS. The molecule has 26 heavy (non-hydrogen) atoms. The van der Waals surface area contributed by atoms with Crippen LogP contribution in [0.1, 0.15) is 33.6 Å². The van der Waals surface area contributed by atoms with E-state index in [1.807, 2.05) is 32.2 Å². The summed E-state index contributed by atoms with van der Waals surface area (Å²) in [7, 11) is 1.93. The fraction of sp³-hybridized carbons (Fsp3) is 0.316. The first-order valence-corrected chi connectivity index (χ1v) is 9.30. The third kappa shape index (κ3) is 4.76. The maximum atomic E-state index is 6.06. The third-order valence-electron chi connectivity index (χ3n) is 3.98. The molecule has 0 spiro atoms. The summed E-state index contributed by atoms with van der Waals surface area (Å²) in [5.74, 6) is 1.85. The van der Waals surface area contributed by atoms with Crippen LogP contribution >= 0.6 is 11.8 Å². The quantitative estimate of drug-likeness (QED) is 0.843. The molecule has 138 valence electrons. The fourth-order valence-corrected chi connectivity index (χ4v) is 3.16. The van der Waals surface area contributed by atoms with Gasteiger partial charge in [-0.2, -0.15) is 4.98 Å². The Labute approximate surface area is 158 Å². The molecule has 3 heterocycles. The van der Waals surface area contributed by atoms with Gasteiger partial charge in [0.05, 0.1) is 10.6 Å². The van der Waals surface area contributed by atoms with Gasteiger partial charge in [-0.3, -0.25) is 4.98 Å². The lowest BCUT2D eigenvalue weighted by Crippen LogP contribution is -2.02. The van der Waals surface area contributed by atoms with Crippen LogP contribution < -0.4 is 11.1 Å². The summed E-state index contributed by atoms with van der Waals surface area (Å²) in [6.07, 6.45) is 5.41. The largest absolute Gasteiger partial charge is 0.397 e. The second kappa shape index (κ2) is 9.24. The van der Waals surface area contributed by atoms with Gasteiger partial charge in [-0.05, 0) is 45.4 Å². The van der Waals surface area contributed by atoms with Gasteiger partial charge in [0, 0.05) is 36.5 Å². The summed E-state index contributed by atoms with van der Waals surface area (Å²) < 4.78 is 5.29. The van der Waals surface area contributed by atoms with Crippen molar-refractivity contribution in [2.24, 2.45) is 5.73 Å². The molecule has 0 aromatic carbocycles. The predicted molar refractivity (Wildman–Crippen MR) is 108 cm³/mol. The maximum absolute atomic E-state index is 6.06. The van der Waals surface area contributed by atoms with E-state index in [4.69, 9.17) is 10.3 Å². The molecule has 2 aromatic rings. The zero-order valence-corrected chi connectivity index (χ0v) is 16.6. The van der Waals surface area contributed by atoms with Crippen molar-refractivity contribution in [2.75, 3.05) is 12.8 Å². The van der Waals surface area contributed by atoms with E-state index in [9.17, 15) is 0 Å². The lowest BCUT2D eigenvalue weighted by Gasteiger charge is -1.98. The first-order chi connectivity index (χ1) is 12.5. The number of nitrogens with two attached hydrogens (primary N) is 1. The summed E-state index contributed by atoms with van der Waals surface area (Å²) in [5, 5.41) is 7.01. The first-order valence-electron chi connectivity index (χ1n) is 8.32. The third-order valence-corrected chi connectivity index (χ3v) is 5.11. The van der Waals surface area contributed by atoms with Gasteiger partial charge in [-0.1, -0.05) is 16.8 Å². The molecule has 0 aliphatic carbocycles. The Balaban J connectivity index is 0.000000298. The lowest BCUT2D eigenvalue weighted by molar-refractivity contribution is 0.410. The summed E-state index contributed by atoms with van der Waals surface area (Å²) >= 11 is 1.62. The Morgan fingerprint density at radius 3 is 2.62 bits per heavy atom. The highest BCUT2D eigenvalue weighted by atomic mass is 32.2. The standard InChI is InChI=1S/C13H12N4OS.C6H13N/c1-2-8-7-19-11(10(8)14)13-16-12(17-18-13)9-4-3-5-15-6-9;1-5(2)6(3)7-4/h2-6H,7,14H2,1H3;7H,1-4H3/b8-2-;. The Hall–Kier alpha value is -2.54. The molecule has 0 amide bonds. The SMILES string of the molecule is C/C=C1/CSC(c2nc(-c3cccnc3)no2)=C1N.CNC(C)=C(C)C. The van der Waals surface area contributed by atoms with Crippen molar-refractivity contribution in [1.29, 1.82) is 0 Å². The highest BCUT2D eigenvalue weighted by molar-refractivity contribution is 8.08. The number of nitrogens with zero attached hydrogens (tertiary/aromatic N) is 3. The molecule has 7 heteroatoms. The molecule has 3 N–H and O–H groups in total. The molecule has 6 nitrogen and oxygen atoms in total. The van der Waals surface area contributed by atoms with Crippen molar-refractivity contribution in [3.05, 3.63) is 59.0 Å². The van der Waals surface area contributed by atoms with Crippen LogP contribution in [0.5, 0.6) is 0 Å². The first kappa shape index (κ1) is 19.8. The van der Waals surface area contributed by atoms with Gasteiger partial charge >= 0.3 is 0 Å². The Bertz CT molecular complexity index is 833. The minimum Gasteiger partial charge on any atom is -0.397 e. The van der Waals surface area contributed by atoms with Crippen LogP contribution in [0.2, 0.25) is 0 Å². The summed E-state index contributed by atoms with van der Waals surface area (Å²) in [5.41, 5.74) is 11.3. The second-order valence-electron chi connectivity index (χ2n) is 5.89. The Morgan fingerprint density at radius 1 is 1.35 bits per heavy atom. The maximum Gasteiger partial charge on any atom is 0.266 e. The second-order valence-corrected chi connectivity index (χ2v) is 6.87. The highest BCUT2D eigenvalue weighted by Crippen LogP contribution is 2.39. The van der Waals surface area contributed by atoms with E-state index in [0.29, 0.717) is 11.7 Å². The van der Waals surface area contributed by atoms with Gasteiger partial charge in [-0.15, -0.1) is 11.8 Å². The number of thioether (sulfide) groups is 1. The topological polar surface area (TPSA) is 89.9 Å². The van der Waals surface area contributed by atoms with E-state index in [1.54, 1.807) is 24.2 Å². The van der Waals surface area contributed by atoms with Crippen LogP contribution in [0.15, 0.2) is 57.7 Å². The van der Waals surface area contributed by atoms with Gasteiger partial charge in [-0.25, -0.2) is 0 Å². The van der Waals surface area contributed by atoms with Gasteiger partial charge in [0.15, 0.2) is 0 Å². The highest BCUT2D eigenvalue weighted by Gasteiger charge is 2.23. The van der Waals surface area contributed by atoms with Crippen molar-refractivity contribution in [2.45, 2.75) is 27.7 Å². The van der Waals surface area contributed by atoms with Crippen LogP contribution in [0.3, 0.4) is 0 Å². The average molecular weight is 372 g/mol. The zero-order chi connectivity index (χ0) is 19.1. The van der Waals surface area contributed by atoms with Gasteiger partial charge < -0.3 is 15.6 Å². The zero-order valence-electron chi connectivity index (χ0n) is 15.8. The normalized spacial score (nSPS) is 14.9. The predicted octanol–water partition coefficient (Wildman–Crippen LogP) is 3.97. The minimum absolute atomic E-state index is 0.471. The molecule has 0 unspecified atom stereocenters. The Kier molecular flexibility index (Phi) is 7.03. The number of nitrogens with one attached hydrogen (secondary N) is 1. The van der Waals surface area contributed by atoms with Crippen molar-refractivity contribution in [1.82, 2.24) is 20.4 Å². The molecule has 0 radical (unpaired) electrons. The van der Waals surface area contributed by atoms with Gasteiger partial charge in [0.1, 0.15) is 0 Å². The van der Waals surface area contributed by atoms with Crippen LogP contribution in [-0.4, -0.2) is 27.9 Å². The van der Waals surface area contributed by atoms with E-state index in [2.05, 4.69) is 41.2 Å². The molecule has 0 saturated heterocycles. The van der Waals surface area contributed by atoms with Crippen LogP contribution in [0, 0.1) is 0 Å². The van der Waals surface area contributed by atoms with Crippen LogP contribution in [-0.2, 0) is 0 Å². The van der Waals surface area contributed by atoms with E-state index >= 15 is 0 Å². The minimum atomic E-state index is 0.471. The number of allylic oxidation sites excluding steroid dienone is 4. The van der Waals surface area contributed by atoms with Crippen molar-refractivity contribution < 1.29 is 4.52 Å². The number of hydrogen-bond acceptors (Lipinski definition) is 7. The number of hydrogen-bond donors (Lipinski definition) is 2. The monoisotopic (exact) mass is 371 g/mol. The molecule has 1 aliphatic heterocycles. The van der Waals surface area contributed by atoms with E-state index in [1.165, 1.54) is 11.3 Å². The molecule has 0 saturated carbocycles. The van der Waals surface area contributed by atoms with Gasteiger partial charge in [0.25, 0.3) is 5.89 Å². The molecule has 2 aromatic heterocycles. The number of aromatic nitrogens is 3. The van der Waals surface area contributed by atoms with Crippen LogP contribution in [0.4, 0.5) is 0 Å². The molecule has 0 bridgehead atoms. The molecule has 1 aliphatic rings. The fourth-order valence-electron chi connectivity index (χ4n) is 2.05. The molecule has 0 atom stereocenters. The summed E-state index contributed by atoms with van der Waals surface area (Å²) in [6, 6.07) is 3.72. The van der Waals surface area contributed by atoms with Crippen LogP contribution in [0.25, 0.3) is 16.3 Å². The molecule has 0 fully saturated rings. The molecular weight excluding hydrogens is 346 g/mol. The van der Waals surface area contributed by atoms with Crippen molar-refractivity contribution in [3.8, 4) is 11.4 Å². The van der Waals surface area contributed by atoms with Crippen molar-refractivity contribution in [3.63, 3.8) is 0 Å². The van der Waals surface area contributed by atoms with Gasteiger partial charge in [0.2, 0.25) is 5.82 Å². The number of pyridine rings is 1.